The number of methoxy groups -OCH3 is 1. The Hall–Kier alpha value is -3.23. The number of ether oxygens (including phenoxy) is 3. The van der Waals surface area contributed by atoms with Crippen molar-refractivity contribution in [3.05, 3.63) is 87.6 Å². The number of benzene rings is 2. The first-order valence-electron chi connectivity index (χ1n) is 15.1. The smallest absolute Gasteiger partial charge is 0.274 e. The molecular weight excluding hydrogens is 634 g/mol. The minimum Gasteiger partial charge on any atom is -0.497 e. The normalized spacial score (nSPS) is 20.8. The van der Waals surface area contributed by atoms with Crippen LogP contribution < -0.4 is 19.9 Å². The minimum atomic E-state index is -2.06. The molecule has 0 saturated carbocycles. The van der Waals surface area contributed by atoms with Gasteiger partial charge in [-0.05, 0) is 79.0 Å². The summed E-state index contributed by atoms with van der Waals surface area (Å²) in [7, 11) is 5.25. The van der Waals surface area contributed by atoms with Crippen molar-refractivity contribution in [2.75, 3.05) is 51.4 Å². The number of alkyl halides is 1. The van der Waals surface area contributed by atoms with E-state index in [2.05, 4.69) is 4.90 Å². The summed E-state index contributed by atoms with van der Waals surface area (Å²) >= 11 is 0. The molecule has 6 rings (SSSR count). The average molecular weight is 672 g/mol. The molecule has 244 valence electrons. The van der Waals surface area contributed by atoms with Gasteiger partial charge in [0.25, 0.3) is 10.9 Å². The summed E-state index contributed by atoms with van der Waals surface area (Å²) in [5.41, 5.74) is 1.32. The third kappa shape index (κ3) is 6.61. The van der Waals surface area contributed by atoms with Crippen molar-refractivity contribution in [1.82, 2.24) is 9.47 Å². The van der Waals surface area contributed by atoms with Crippen molar-refractivity contribution in [3.8, 4) is 11.5 Å². The maximum absolute atomic E-state index is 15.6. The van der Waals surface area contributed by atoms with Crippen LogP contribution in [-0.2, 0) is 16.1 Å². The van der Waals surface area contributed by atoms with Crippen LogP contribution in [0.25, 0.3) is 0 Å². The summed E-state index contributed by atoms with van der Waals surface area (Å²) in [5, 5.41) is -2.06. The highest BCUT2D eigenvalue weighted by atomic mass is 31.1. The van der Waals surface area contributed by atoms with Gasteiger partial charge in [0, 0.05) is 68.3 Å². The Balaban J connectivity index is 1.26. The molecule has 4 atom stereocenters. The number of amides is 1. The molecule has 1 aromatic heterocycles. The number of nitrogens with zero attached hydrogens (tertiary/aromatic N) is 3. The van der Waals surface area contributed by atoms with Crippen molar-refractivity contribution in [2.45, 2.75) is 31.1 Å². The van der Waals surface area contributed by atoms with Crippen molar-refractivity contribution < 1.29 is 32.6 Å². The molecular formula is C33H37F2N3O6P2. The van der Waals surface area contributed by atoms with E-state index in [4.69, 9.17) is 14.2 Å². The molecule has 13 heteroatoms. The van der Waals surface area contributed by atoms with Gasteiger partial charge in [0.2, 0.25) is 5.91 Å². The number of ketones is 1. The summed E-state index contributed by atoms with van der Waals surface area (Å²) in [6.45, 7) is 6.37. The monoisotopic (exact) mass is 671 g/mol. The zero-order valence-electron chi connectivity index (χ0n) is 25.7. The van der Waals surface area contributed by atoms with E-state index in [0.717, 1.165) is 26.3 Å². The van der Waals surface area contributed by atoms with Gasteiger partial charge in [-0.25, -0.2) is 4.39 Å². The molecule has 0 N–H and O–H groups in total. The van der Waals surface area contributed by atoms with Gasteiger partial charge < -0.3 is 28.6 Å². The van der Waals surface area contributed by atoms with Crippen LogP contribution in [0.3, 0.4) is 0 Å². The molecule has 3 aliphatic heterocycles. The molecule has 3 aliphatic rings. The standard InChI is InChI=1S/C33H37F2N3O6P2/c1-20-12-23(42-2)13-26(34)29(20)25-15-38(27-4-3-9-37(31(27)41)11-10-36-16-32(17-36)18-43-19-32)30(40)24(25)14-28(39)21-5-7-22(8-6-21)44-33(35,45)46/h3-9,12-13,24-25H,10-11,14-19,45-46H2,1-2H3/t24-,25+/m0/s1. The molecule has 0 bridgehead atoms. The number of halogens is 2. The van der Waals surface area contributed by atoms with Gasteiger partial charge in [-0.2, -0.15) is 4.39 Å². The van der Waals surface area contributed by atoms with Crippen LogP contribution in [0.2, 0.25) is 0 Å². The van der Waals surface area contributed by atoms with Crippen LogP contribution in [0, 0.1) is 24.1 Å². The largest absolute Gasteiger partial charge is 0.497 e. The van der Waals surface area contributed by atoms with Gasteiger partial charge in [0.15, 0.2) is 5.78 Å². The minimum absolute atomic E-state index is 0.0302. The molecule has 4 heterocycles. The van der Waals surface area contributed by atoms with Crippen molar-refractivity contribution in [1.29, 1.82) is 0 Å². The number of hydrogen-bond donors (Lipinski definition) is 0. The van der Waals surface area contributed by atoms with E-state index >= 15 is 4.39 Å². The van der Waals surface area contributed by atoms with Crippen LogP contribution in [0.5, 0.6) is 11.5 Å². The quantitative estimate of drug-likeness (QED) is 0.221. The Morgan fingerprint density at radius 1 is 1.09 bits per heavy atom. The number of rotatable bonds is 11. The van der Waals surface area contributed by atoms with Crippen molar-refractivity contribution in [3.63, 3.8) is 0 Å². The van der Waals surface area contributed by atoms with Crippen LogP contribution in [0.4, 0.5) is 14.5 Å². The summed E-state index contributed by atoms with van der Waals surface area (Å²) in [5.74, 6) is -2.40. The first-order valence-corrected chi connectivity index (χ1v) is 16.3. The highest BCUT2D eigenvalue weighted by Crippen LogP contribution is 2.42. The lowest BCUT2D eigenvalue weighted by Crippen LogP contribution is -2.66. The fourth-order valence-electron chi connectivity index (χ4n) is 6.83. The number of anilines is 1. The number of aromatic nitrogens is 1. The zero-order chi connectivity index (χ0) is 32.8. The fraction of sp³-hybridized carbons (Fsp3) is 0.424. The van der Waals surface area contributed by atoms with Gasteiger partial charge in [-0.15, -0.1) is 0 Å². The van der Waals surface area contributed by atoms with Crippen LogP contribution in [-0.4, -0.2) is 73.0 Å². The third-order valence-electron chi connectivity index (χ3n) is 9.10. The maximum atomic E-state index is 15.6. The van der Waals surface area contributed by atoms with E-state index in [1.165, 1.54) is 42.3 Å². The predicted molar refractivity (Wildman–Crippen MR) is 176 cm³/mol. The topological polar surface area (TPSA) is 90.3 Å². The number of carbonyl (C=O) groups is 2. The number of likely N-dealkylation sites (tertiary alicyclic amines) is 1. The lowest BCUT2D eigenvalue weighted by atomic mass is 9.78. The number of aryl methyl sites for hydroxylation is 1. The predicted octanol–water partition coefficient (Wildman–Crippen LogP) is 4.37. The summed E-state index contributed by atoms with van der Waals surface area (Å²) in [6, 6.07) is 12.2. The maximum Gasteiger partial charge on any atom is 0.274 e. The molecule has 3 aromatic rings. The fourth-order valence-corrected chi connectivity index (χ4v) is 7.10. The lowest BCUT2D eigenvalue weighted by molar-refractivity contribution is -0.189. The third-order valence-corrected chi connectivity index (χ3v) is 9.34. The van der Waals surface area contributed by atoms with Crippen molar-refractivity contribution in [2.24, 2.45) is 11.3 Å². The van der Waals surface area contributed by atoms with E-state index in [0.29, 0.717) is 35.5 Å². The molecule has 0 radical (unpaired) electrons. The van der Waals surface area contributed by atoms with E-state index in [1.54, 1.807) is 35.9 Å². The number of pyridine rings is 1. The second-order valence-electron chi connectivity index (χ2n) is 12.5. The highest BCUT2D eigenvalue weighted by molar-refractivity contribution is 7.38. The molecule has 9 nitrogen and oxygen atoms in total. The van der Waals surface area contributed by atoms with Gasteiger partial charge in [0.05, 0.1) is 26.2 Å². The Bertz CT molecular complexity index is 1680. The molecule has 1 spiro atoms. The van der Waals surface area contributed by atoms with Gasteiger partial charge >= 0.3 is 0 Å². The molecule has 1 amide bonds. The van der Waals surface area contributed by atoms with E-state index in [9.17, 15) is 18.8 Å². The van der Waals surface area contributed by atoms with Crippen LogP contribution >= 0.6 is 18.5 Å². The number of Topliss-reactive ketones (excluding diaryl/α,β-unsaturated/α-hetero) is 1. The second kappa shape index (κ2) is 12.8. The molecule has 3 saturated heterocycles. The first kappa shape index (κ1) is 32.7. The van der Waals surface area contributed by atoms with Gasteiger partial charge in [0.1, 0.15) is 23.0 Å². The molecule has 2 aromatic carbocycles. The number of carbonyl (C=O) groups excluding carboxylic acids is 2. The Kier molecular flexibility index (Phi) is 9.07. The molecule has 3 fully saturated rings. The lowest BCUT2D eigenvalue weighted by Gasteiger charge is -2.55. The van der Waals surface area contributed by atoms with Gasteiger partial charge in [-0.3, -0.25) is 14.4 Å². The van der Waals surface area contributed by atoms with E-state index in [-0.39, 0.29) is 41.2 Å². The molecule has 2 unspecified atom stereocenters. The van der Waals surface area contributed by atoms with Gasteiger partial charge in [-0.1, -0.05) is 0 Å². The Morgan fingerprint density at radius 2 is 1.80 bits per heavy atom. The van der Waals surface area contributed by atoms with Crippen LogP contribution in [0.15, 0.2) is 59.5 Å². The number of hydrogen-bond acceptors (Lipinski definition) is 7. The summed E-state index contributed by atoms with van der Waals surface area (Å²) in [6.07, 6.45) is 1.49. The van der Waals surface area contributed by atoms with Crippen LogP contribution in [0.1, 0.15) is 33.8 Å². The Labute approximate surface area is 270 Å². The average Bonchev–Trinajstić information content (AvgIpc) is 3.26. The second-order valence-corrected chi connectivity index (χ2v) is 14.8. The molecule has 0 aliphatic carbocycles. The Morgan fingerprint density at radius 3 is 2.41 bits per heavy atom. The van der Waals surface area contributed by atoms with E-state index in [1.807, 2.05) is 18.5 Å². The SMILES string of the molecule is COc1cc(C)c([C@@H]2CN(c3cccn(CCN4CC5(COC5)C4)c3=O)C(=O)[C@H]2CC(=O)c2ccc(OC(F)(P)P)cc2)c(F)c1. The highest BCUT2D eigenvalue weighted by Gasteiger charge is 2.48. The summed E-state index contributed by atoms with van der Waals surface area (Å²) < 4.78 is 46.8. The van der Waals surface area contributed by atoms with E-state index < -0.39 is 28.9 Å². The zero-order valence-corrected chi connectivity index (χ0v) is 28.0. The van der Waals surface area contributed by atoms with Crippen molar-refractivity contribution >= 4 is 35.9 Å². The summed E-state index contributed by atoms with van der Waals surface area (Å²) in [4.78, 5) is 45.0. The molecule has 46 heavy (non-hydrogen) atoms. The first-order chi connectivity index (χ1) is 21.9.